The van der Waals surface area contributed by atoms with E-state index in [9.17, 15) is 22.8 Å². The lowest BCUT2D eigenvalue weighted by Gasteiger charge is -2.40. The van der Waals surface area contributed by atoms with Gasteiger partial charge in [0, 0.05) is 49.1 Å². The van der Waals surface area contributed by atoms with Gasteiger partial charge in [0.15, 0.2) is 11.6 Å². The van der Waals surface area contributed by atoms with Crippen LogP contribution in [0.3, 0.4) is 0 Å². The zero-order valence-corrected chi connectivity index (χ0v) is 22.5. The Hall–Kier alpha value is -4.35. The standard InChI is InChI=1S/C28H29F3N6O3/c1-16-15-36(9-10-37(16)26(39)40-27(2,3)4)23-12-20-22(14-33-23)35-25(34-20)21-11-17(13-32-21)24(38)18-7-5-6-8-19(18)28(29,30)31/h5-8,11-14,16,32H,9-10,15H2,1-4H3,(H,34,35)/t16-/m1/s1. The Morgan fingerprint density at radius 3 is 2.55 bits per heavy atom. The molecule has 2 N–H and O–H groups in total. The van der Waals surface area contributed by atoms with Crippen LogP contribution in [0.5, 0.6) is 0 Å². The highest BCUT2D eigenvalue weighted by Gasteiger charge is 2.35. The molecule has 4 aromatic rings. The summed E-state index contributed by atoms with van der Waals surface area (Å²) < 4.78 is 45.7. The average Bonchev–Trinajstić information content (AvgIpc) is 3.53. The number of amides is 1. The molecule has 12 heteroatoms. The normalized spacial score (nSPS) is 16.4. The molecular formula is C28H29F3N6O3. The Kier molecular flexibility index (Phi) is 6.80. The largest absolute Gasteiger partial charge is 0.444 e. The van der Waals surface area contributed by atoms with Crippen molar-refractivity contribution in [3.63, 3.8) is 0 Å². The van der Waals surface area contributed by atoms with Crippen LogP contribution >= 0.6 is 0 Å². The summed E-state index contributed by atoms with van der Waals surface area (Å²) in [7, 11) is 0. The third kappa shape index (κ3) is 5.51. The van der Waals surface area contributed by atoms with Gasteiger partial charge in [-0.1, -0.05) is 18.2 Å². The number of nitrogens with zero attached hydrogens (tertiary/aromatic N) is 4. The van der Waals surface area contributed by atoms with Gasteiger partial charge < -0.3 is 24.5 Å². The fraction of sp³-hybridized carbons (Fsp3) is 0.357. The van der Waals surface area contributed by atoms with Crippen LogP contribution < -0.4 is 4.90 Å². The number of ether oxygens (including phenoxy) is 1. The molecular weight excluding hydrogens is 525 g/mol. The van der Waals surface area contributed by atoms with Crippen molar-refractivity contribution in [2.75, 3.05) is 24.5 Å². The molecule has 210 valence electrons. The number of ketones is 1. The Balaban J connectivity index is 1.33. The molecule has 5 rings (SSSR count). The summed E-state index contributed by atoms with van der Waals surface area (Å²) in [5.74, 6) is 0.378. The van der Waals surface area contributed by atoms with Crippen LogP contribution in [0.2, 0.25) is 0 Å². The lowest BCUT2D eigenvalue weighted by atomic mass is 9.99. The third-order valence-corrected chi connectivity index (χ3v) is 6.61. The highest BCUT2D eigenvalue weighted by atomic mass is 19.4. The molecule has 0 unspecified atom stereocenters. The van der Waals surface area contributed by atoms with E-state index in [-0.39, 0.29) is 17.7 Å². The maximum absolute atomic E-state index is 13.4. The zero-order chi connectivity index (χ0) is 28.8. The second-order valence-corrected chi connectivity index (χ2v) is 10.8. The number of benzene rings is 1. The van der Waals surface area contributed by atoms with E-state index in [4.69, 9.17) is 4.74 Å². The topological polar surface area (TPSA) is 107 Å². The van der Waals surface area contributed by atoms with E-state index in [1.165, 1.54) is 30.5 Å². The molecule has 1 amide bonds. The highest BCUT2D eigenvalue weighted by molar-refractivity contribution is 6.10. The summed E-state index contributed by atoms with van der Waals surface area (Å²) >= 11 is 0. The Morgan fingerprint density at radius 2 is 1.85 bits per heavy atom. The van der Waals surface area contributed by atoms with E-state index in [2.05, 4.69) is 24.8 Å². The van der Waals surface area contributed by atoms with E-state index >= 15 is 0 Å². The summed E-state index contributed by atoms with van der Waals surface area (Å²) in [5, 5.41) is 0. The lowest BCUT2D eigenvalue weighted by molar-refractivity contribution is -0.137. The average molecular weight is 555 g/mol. The van der Waals surface area contributed by atoms with E-state index in [1.807, 2.05) is 33.8 Å². The van der Waals surface area contributed by atoms with Gasteiger partial charge in [-0.2, -0.15) is 13.2 Å². The summed E-state index contributed by atoms with van der Waals surface area (Å²) in [6.07, 6.45) is -1.96. The van der Waals surface area contributed by atoms with Crippen LogP contribution in [0.15, 0.2) is 48.8 Å². The fourth-order valence-corrected chi connectivity index (χ4v) is 4.70. The number of aromatic nitrogens is 4. The van der Waals surface area contributed by atoms with Crippen molar-refractivity contribution in [3.8, 4) is 11.5 Å². The van der Waals surface area contributed by atoms with Gasteiger partial charge >= 0.3 is 12.3 Å². The lowest BCUT2D eigenvalue weighted by Crippen LogP contribution is -2.55. The number of hydrogen-bond donors (Lipinski definition) is 2. The summed E-state index contributed by atoms with van der Waals surface area (Å²) in [5.41, 5.74) is -0.144. The van der Waals surface area contributed by atoms with Gasteiger partial charge in [-0.05, 0) is 39.8 Å². The Bertz CT molecular complexity index is 1570. The highest BCUT2D eigenvalue weighted by Crippen LogP contribution is 2.33. The Morgan fingerprint density at radius 1 is 1.10 bits per heavy atom. The van der Waals surface area contributed by atoms with E-state index < -0.39 is 28.7 Å². The number of carbonyl (C=O) groups is 2. The first-order chi connectivity index (χ1) is 18.8. The van der Waals surface area contributed by atoms with E-state index in [1.54, 1.807) is 11.1 Å². The van der Waals surface area contributed by atoms with Gasteiger partial charge in [0.25, 0.3) is 0 Å². The van der Waals surface area contributed by atoms with Crippen molar-refractivity contribution in [1.29, 1.82) is 0 Å². The number of aromatic amines is 2. The minimum absolute atomic E-state index is 0.0859. The zero-order valence-electron chi connectivity index (χ0n) is 22.5. The number of rotatable bonds is 4. The number of nitrogens with one attached hydrogen (secondary N) is 2. The minimum atomic E-state index is -4.64. The predicted molar refractivity (Wildman–Crippen MR) is 143 cm³/mol. The van der Waals surface area contributed by atoms with Crippen molar-refractivity contribution < 1.29 is 27.5 Å². The molecule has 1 aromatic carbocycles. The molecule has 3 aromatic heterocycles. The van der Waals surface area contributed by atoms with Gasteiger partial charge in [-0.3, -0.25) is 4.79 Å². The number of carbonyl (C=O) groups excluding carboxylic acids is 2. The number of halogens is 3. The molecule has 1 atom stereocenters. The van der Waals surface area contributed by atoms with Crippen molar-refractivity contribution in [2.45, 2.75) is 45.5 Å². The monoisotopic (exact) mass is 554 g/mol. The van der Waals surface area contributed by atoms with Crippen LogP contribution in [0.4, 0.5) is 23.8 Å². The van der Waals surface area contributed by atoms with Crippen molar-refractivity contribution in [1.82, 2.24) is 24.8 Å². The second kappa shape index (κ2) is 10.00. The summed E-state index contributed by atoms with van der Waals surface area (Å²) in [4.78, 5) is 44.5. The molecule has 0 spiro atoms. The number of piperazine rings is 1. The molecule has 1 aliphatic rings. The first-order valence-electron chi connectivity index (χ1n) is 12.8. The van der Waals surface area contributed by atoms with Crippen molar-refractivity contribution >= 4 is 28.7 Å². The molecule has 9 nitrogen and oxygen atoms in total. The molecule has 4 heterocycles. The quantitative estimate of drug-likeness (QED) is 0.316. The van der Waals surface area contributed by atoms with Crippen LogP contribution in [-0.2, 0) is 10.9 Å². The molecule has 0 bridgehead atoms. The molecule has 1 aliphatic heterocycles. The van der Waals surface area contributed by atoms with Crippen LogP contribution in [-0.4, -0.2) is 68.0 Å². The third-order valence-electron chi connectivity index (χ3n) is 6.61. The molecule has 1 saturated heterocycles. The van der Waals surface area contributed by atoms with Gasteiger partial charge in [0.2, 0.25) is 0 Å². The minimum Gasteiger partial charge on any atom is -0.444 e. The van der Waals surface area contributed by atoms with Gasteiger partial charge in [0.05, 0.1) is 28.5 Å². The molecule has 0 radical (unpaired) electrons. The molecule has 0 aliphatic carbocycles. The van der Waals surface area contributed by atoms with Crippen molar-refractivity contribution in [3.05, 3.63) is 65.5 Å². The fourth-order valence-electron chi connectivity index (χ4n) is 4.70. The number of hydrogen-bond acceptors (Lipinski definition) is 6. The number of H-pyrrole nitrogens is 2. The van der Waals surface area contributed by atoms with Gasteiger partial charge in [-0.25, -0.2) is 14.8 Å². The molecule has 40 heavy (non-hydrogen) atoms. The number of fused-ring (bicyclic) bond motifs is 1. The smallest absolute Gasteiger partial charge is 0.417 e. The van der Waals surface area contributed by atoms with E-state index in [0.29, 0.717) is 48.0 Å². The number of imidazole rings is 1. The van der Waals surface area contributed by atoms with Gasteiger partial charge in [-0.15, -0.1) is 0 Å². The molecule has 1 fully saturated rings. The predicted octanol–water partition coefficient (Wildman–Crippen LogP) is 5.65. The van der Waals surface area contributed by atoms with Crippen LogP contribution in [0.1, 0.15) is 49.2 Å². The van der Waals surface area contributed by atoms with Crippen LogP contribution in [0.25, 0.3) is 22.6 Å². The number of alkyl halides is 3. The second-order valence-electron chi connectivity index (χ2n) is 10.8. The number of pyridine rings is 1. The van der Waals surface area contributed by atoms with Gasteiger partial charge in [0.1, 0.15) is 11.4 Å². The number of anilines is 1. The maximum Gasteiger partial charge on any atom is 0.417 e. The Labute approximate surface area is 228 Å². The van der Waals surface area contributed by atoms with Crippen molar-refractivity contribution in [2.24, 2.45) is 0 Å². The SMILES string of the molecule is C[C@@H]1CN(c2cc3nc(-c4cc(C(=O)c5ccccc5C(F)(F)F)c[nH]4)[nH]c3cn2)CCN1C(=O)OC(C)(C)C. The molecule has 0 saturated carbocycles. The first kappa shape index (κ1) is 27.2. The van der Waals surface area contributed by atoms with E-state index in [0.717, 1.165) is 6.07 Å². The van der Waals surface area contributed by atoms with Crippen LogP contribution in [0, 0.1) is 0 Å². The first-order valence-corrected chi connectivity index (χ1v) is 12.8. The maximum atomic E-state index is 13.4. The summed E-state index contributed by atoms with van der Waals surface area (Å²) in [6, 6.07) is 7.92. The summed E-state index contributed by atoms with van der Waals surface area (Å²) in [6.45, 7) is 9.08.